The topological polar surface area (TPSA) is 87.9 Å². The van der Waals surface area contributed by atoms with Gasteiger partial charge in [0.25, 0.3) is 5.91 Å². The Bertz CT molecular complexity index is 1030. The summed E-state index contributed by atoms with van der Waals surface area (Å²) in [7, 11) is 0. The van der Waals surface area contributed by atoms with Crippen molar-refractivity contribution in [3.8, 4) is 0 Å². The van der Waals surface area contributed by atoms with E-state index < -0.39 is 24.0 Å². The molecule has 29 heavy (non-hydrogen) atoms. The van der Waals surface area contributed by atoms with Gasteiger partial charge in [0.05, 0.1) is 12.0 Å². The van der Waals surface area contributed by atoms with Crippen LogP contribution in [0, 0.1) is 0 Å². The zero-order valence-corrected chi connectivity index (χ0v) is 16.3. The largest absolute Gasteiger partial charge is 0.467 e. The van der Waals surface area contributed by atoms with Crippen LogP contribution in [0.3, 0.4) is 0 Å². The smallest absolute Gasteiger partial charge is 0.355 e. The molecule has 0 radical (unpaired) electrons. The zero-order valence-electron chi connectivity index (χ0n) is 15.5. The Labute approximate surface area is 171 Å². The molecule has 7 nitrogen and oxygen atoms in total. The summed E-state index contributed by atoms with van der Waals surface area (Å²) in [5.74, 6) is -0.435. The van der Waals surface area contributed by atoms with Gasteiger partial charge >= 0.3 is 5.97 Å². The summed E-state index contributed by atoms with van der Waals surface area (Å²) in [5.41, 5.74) is 1.86. The van der Waals surface area contributed by atoms with Crippen molar-refractivity contribution in [2.24, 2.45) is 5.10 Å². The zero-order chi connectivity index (χ0) is 20.4. The number of ether oxygens (including phenoxy) is 1. The molecule has 148 valence electrons. The molecule has 1 amide bonds. The van der Waals surface area contributed by atoms with Gasteiger partial charge in [0.2, 0.25) is 0 Å². The number of carbonyl (C=O) groups excluding carboxylic acids is 2. The molecule has 3 aromatic rings. The molecule has 0 bridgehead atoms. The van der Waals surface area contributed by atoms with Gasteiger partial charge in [-0.1, -0.05) is 23.7 Å². The van der Waals surface area contributed by atoms with Crippen molar-refractivity contribution < 1.29 is 18.7 Å². The van der Waals surface area contributed by atoms with Crippen molar-refractivity contribution in [2.75, 3.05) is 0 Å². The number of nitrogens with zero attached hydrogens (tertiary/aromatic N) is 2. The molecule has 0 saturated heterocycles. The lowest BCUT2D eigenvalue weighted by Crippen LogP contribution is -2.37. The van der Waals surface area contributed by atoms with Gasteiger partial charge in [-0.15, -0.1) is 0 Å². The van der Waals surface area contributed by atoms with E-state index in [0.29, 0.717) is 17.2 Å². The standard InChI is InChI=1S/C21H18ClN3O4/c1-13(29-21(27)16-4-2-10-23-16)20(26)25-18(19-5-3-11-28-19)12-17(24-25)14-6-8-15(22)9-7-14/h2-11,13,18,23H,12H2,1H3/t13-,18+/m0/s1. The molecule has 8 heteroatoms. The second-order valence-electron chi connectivity index (χ2n) is 6.60. The van der Waals surface area contributed by atoms with Crippen molar-refractivity contribution in [2.45, 2.75) is 25.5 Å². The lowest BCUT2D eigenvalue weighted by atomic mass is 10.0. The highest BCUT2D eigenvalue weighted by molar-refractivity contribution is 6.30. The number of rotatable bonds is 5. The summed E-state index contributed by atoms with van der Waals surface area (Å²) < 4.78 is 10.8. The number of furan rings is 1. The predicted octanol–water partition coefficient (Wildman–Crippen LogP) is 4.18. The SMILES string of the molecule is C[C@H](OC(=O)c1ccc[nH]1)C(=O)N1N=C(c2ccc(Cl)cc2)C[C@@H]1c1ccco1. The van der Waals surface area contributed by atoms with E-state index in [0.717, 1.165) is 11.3 Å². The average Bonchev–Trinajstić information content (AvgIpc) is 3.48. The molecule has 1 aliphatic rings. The molecule has 1 N–H and O–H groups in total. The number of carbonyl (C=O) groups is 2. The van der Waals surface area contributed by atoms with E-state index in [1.54, 1.807) is 48.9 Å². The lowest BCUT2D eigenvalue weighted by Gasteiger charge is -2.23. The van der Waals surface area contributed by atoms with E-state index in [-0.39, 0.29) is 5.69 Å². The average molecular weight is 412 g/mol. The molecule has 1 aromatic carbocycles. The number of benzene rings is 1. The van der Waals surface area contributed by atoms with Gasteiger partial charge in [-0.3, -0.25) is 4.79 Å². The monoisotopic (exact) mass is 411 g/mol. The van der Waals surface area contributed by atoms with Gasteiger partial charge < -0.3 is 14.1 Å². The minimum Gasteiger partial charge on any atom is -0.467 e. The molecule has 2 aromatic heterocycles. The van der Waals surface area contributed by atoms with E-state index in [1.807, 2.05) is 12.1 Å². The fourth-order valence-electron chi connectivity index (χ4n) is 3.15. The first-order chi connectivity index (χ1) is 14.0. The van der Waals surface area contributed by atoms with E-state index in [4.69, 9.17) is 20.8 Å². The van der Waals surface area contributed by atoms with Crippen LogP contribution in [0.25, 0.3) is 0 Å². The van der Waals surface area contributed by atoms with Crippen LogP contribution >= 0.6 is 11.6 Å². The van der Waals surface area contributed by atoms with Crippen molar-refractivity contribution in [1.82, 2.24) is 9.99 Å². The van der Waals surface area contributed by atoms with Gasteiger partial charge in [-0.05, 0) is 48.9 Å². The molecule has 0 aliphatic carbocycles. The summed E-state index contributed by atoms with van der Waals surface area (Å²) in [6.45, 7) is 1.53. The molecule has 4 rings (SSSR count). The Morgan fingerprint density at radius 3 is 2.69 bits per heavy atom. The van der Waals surface area contributed by atoms with E-state index in [9.17, 15) is 9.59 Å². The van der Waals surface area contributed by atoms with Crippen LogP contribution in [0.15, 0.2) is 70.5 Å². The van der Waals surface area contributed by atoms with Crippen molar-refractivity contribution in [3.63, 3.8) is 0 Å². The number of halogens is 1. The summed E-state index contributed by atoms with van der Waals surface area (Å²) in [6, 6.07) is 13.6. The second kappa shape index (κ2) is 7.97. The van der Waals surface area contributed by atoms with Gasteiger partial charge in [-0.2, -0.15) is 5.10 Å². The van der Waals surface area contributed by atoms with Crippen LogP contribution in [0.2, 0.25) is 5.02 Å². The minimum absolute atomic E-state index is 0.277. The van der Waals surface area contributed by atoms with Crippen LogP contribution in [0.4, 0.5) is 0 Å². The minimum atomic E-state index is -1.02. The fraction of sp³-hybridized carbons (Fsp3) is 0.190. The number of nitrogens with one attached hydrogen (secondary N) is 1. The van der Waals surface area contributed by atoms with Crippen LogP contribution in [-0.2, 0) is 9.53 Å². The highest BCUT2D eigenvalue weighted by Gasteiger charge is 2.38. The first kappa shape index (κ1) is 19.0. The maximum atomic E-state index is 13.1. The third kappa shape index (κ3) is 3.95. The Morgan fingerprint density at radius 2 is 2.03 bits per heavy atom. The van der Waals surface area contributed by atoms with Crippen molar-refractivity contribution in [3.05, 3.63) is 83.0 Å². The second-order valence-corrected chi connectivity index (χ2v) is 7.04. The van der Waals surface area contributed by atoms with Gasteiger partial charge in [-0.25, -0.2) is 9.80 Å². The molecular weight excluding hydrogens is 394 g/mol. The summed E-state index contributed by atoms with van der Waals surface area (Å²) in [4.78, 5) is 28.0. The fourth-order valence-corrected chi connectivity index (χ4v) is 3.28. The summed E-state index contributed by atoms with van der Waals surface area (Å²) in [6.07, 6.45) is 2.61. The maximum absolute atomic E-state index is 13.1. The van der Waals surface area contributed by atoms with Crippen LogP contribution in [-0.4, -0.2) is 33.7 Å². The number of hydrogen-bond donors (Lipinski definition) is 1. The Kier molecular flexibility index (Phi) is 5.22. The number of aromatic nitrogens is 1. The predicted molar refractivity (Wildman–Crippen MR) is 107 cm³/mol. The molecule has 2 atom stereocenters. The molecule has 1 aliphatic heterocycles. The van der Waals surface area contributed by atoms with Gasteiger partial charge in [0.1, 0.15) is 17.5 Å². The van der Waals surface area contributed by atoms with Crippen molar-refractivity contribution >= 4 is 29.2 Å². The number of H-pyrrole nitrogens is 1. The highest BCUT2D eigenvalue weighted by Crippen LogP contribution is 2.34. The van der Waals surface area contributed by atoms with E-state index in [1.165, 1.54) is 11.9 Å². The Hall–Kier alpha value is -3.32. The number of amides is 1. The number of hydrogen-bond acceptors (Lipinski definition) is 5. The first-order valence-corrected chi connectivity index (χ1v) is 9.45. The molecule has 0 spiro atoms. The quantitative estimate of drug-likeness (QED) is 0.638. The van der Waals surface area contributed by atoms with E-state index >= 15 is 0 Å². The van der Waals surface area contributed by atoms with E-state index in [2.05, 4.69) is 10.1 Å². The third-order valence-corrected chi connectivity index (χ3v) is 4.89. The van der Waals surface area contributed by atoms with Crippen molar-refractivity contribution in [1.29, 1.82) is 0 Å². The Morgan fingerprint density at radius 1 is 1.24 bits per heavy atom. The maximum Gasteiger partial charge on any atom is 0.355 e. The number of esters is 1. The summed E-state index contributed by atoms with van der Waals surface area (Å²) in [5, 5.41) is 6.46. The number of aromatic amines is 1. The molecule has 3 heterocycles. The summed E-state index contributed by atoms with van der Waals surface area (Å²) >= 11 is 5.97. The van der Waals surface area contributed by atoms with Crippen LogP contribution in [0.5, 0.6) is 0 Å². The first-order valence-electron chi connectivity index (χ1n) is 9.07. The lowest BCUT2D eigenvalue weighted by molar-refractivity contribution is -0.142. The molecular formula is C21H18ClN3O4. The van der Waals surface area contributed by atoms with Gasteiger partial charge in [0, 0.05) is 17.6 Å². The number of hydrazone groups is 1. The molecule has 0 fully saturated rings. The molecule has 0 saturated carbocycles. The van der Waals surface area contributed by atoms with Gasteiger partial charge in [0.15, 0.2) is 6.10 Å². The molecule has 0 unspecified atom stereocenters. The Balaban J connectivity index is 1.57. The van der Waals surface area contributed by atoms with Crippen LogP contribution in [0.1, 0.15) is 41.2 Å². The highest BCUT2D eigenvalue weighted by atomic mass is 35.5. The third-order valence-electron chi connectivity index (χ3n) is 4.63. The normalized spacial score (nSPS) is 17.1. The van der Waals surface area contributed by atoms with Crippen LogP contribution < -0.4 is 0 Å².